The Labute approximate surface area is 176 Å². The lowest BCUT2D eigenvalue weighted by Crippen LogP contribution is -2.30. The highest BCUT2D eigenvalue weighted by atomic mass is 35.5. The summed E-state index contributed by atoms with van der Waals surface area (Å²) in [7, 11) is 1.82. The summed E-state index contributed by atoms with van der Waals surface area (Å²) in [5.41, 5.74) is 3.78. The Kier molecular flexibility index (Phi) is 6.60. The topological polar surface area (TPSA) is 55.6 Å². The van der Waals surface area contributed by atoms with Crippen LogP contribution in [-0.2, 0) is 17.8 Å². The van der Waals surface area contributed by atoms with Crippen molar-refractivity contribution in [1.82, 2.24) is 10.1 Å². The number of aryl methyl sites for hydroxylation is 2. The summed E-state index contributed by atoms with van der Waals surface area (Å²) >= 11 is 5.95. The van der Waals surface area contributed by atoms with E-state index >= 15 is 0 Å². The van der Waals surface area contributed by atoms with E-state index in [2.05, 4.69) is 5.16 Å². The predicted molar refractivity (Wildman–Crippen MR) is 113 cm³/mol. The van der Waals surface area contributed by atoms with Crippen LogP contribution in [-0.4, -0.2) is 23.0 Å². The first kappa shape index (κ1) is 20.9. The molecule has 1 heterocycles. The van der Waals surface area contributed by atoms with Gasteiger partial charge in [-0.2, -0.15) is 0 Å². The second-order valence-corrected chi connectivity index (χ2v) is 7.58. The maximum atomic E-state index is 12.7. The molecule has 0 aliphatic heterocycles. The Hall–Kier alpha value is -2.79. The van der Waals surface area contributed by atoms with E-state index in [0.717, 1.165) is 33.9 Å². The number of halogens is 1. The lowest BCUT2D eigenvalue weighted by atomic mass is 10.1. The van der Waals surface area contributed by atoms with E-state index in [9.17, 15) is 4.79 Å². The minimum Gasteiger partial charge on any atom is -0.489 e. The van der Waals surface area contributed by atoms with Crippen molar-refractivity contribution in [2.75, 3.05) is 7.05 Å². The van der Waals surface area contributed by atoms with Gasteiger partial charge >= 0.3 is 0 Å². The molecule has 3 aromatic rings. The van der Waals surface area contributed by atoms with Gasteiger partial charge in [0, 0.05) is 12.1 Å². The Bertz CT molecular complexity index is 945. The molecule has 0 aliphatic carbocycles. The molecule has 0 N–H and O–H groups in total. The van der Waals surface area contributed by atoms with E-state index in [0.29, 0.717) is 18.1 Å². The monoisotopic (exact) mass is 412 g/mol. The number of nitrogens with zero attached hydrogens (tertiary/aromatic N) is 2. The third-order valence-electron chi connectivity index (χ3n) is 5.17. The fraction of sp³-hybridized carbons (Fsp3) is 0.304. The van der Waals surface area contributed by atoms with E-state index < -0.39 is 0 Å². The molecular formula is C23H25ClN2O3. The molecule has 3 rings (SSSR count). The summed E-state index contributed by atoms with van der Waals surface area (Å²) in [6.45, 7) is 6.17. The third-order valence-corrected chi connectivity index (χ3v) is 5.42. The molecule has 0 bridgehead atoms. The van der Waals surface area contributed by atoms with Gasteiger partial charge in [0.1, 0.15) is 18.1 Å². The number of aromatic nitrogens is 1. The smallest absolute Gasteiger partial charge is 0.227 e. The molecule has 1 amide bonds. The number of rotatable bonds is 7. The maximum Gasteiger partial charge on any atom is 0.227 e. The molecule has 0 saturated carbocycles. The van der Waals surface area contributed by atoms with Gasteiger partial charge in [0.2, 0.25) is 5.91 Å². The van der Waals surface area contributed by atoms with Crippen LogP contribution in [0.4, 0.5) is 0 Å². The Morgan fingerprint density at radius 1 is 1.14 bits per heavy atom. The van der Waals surface area contributed by atoms with E-state index in [-0.39, 0.29) is 11.9 Å². The van der Waals surface area contributed by atoms with Gasteiger partial charge in [-0.15, -0.1) is 0 Å². The molecule has 5 nitrogen and oxygen atoms in total. The highest BCUT2D eigenvalue weighted by Crippen LogP contribution is 2.22. The standard InChI is InChI=1S/C23H25ClN2O3/c1-15-22(17(3)29-25-15)14-28-21-11-5-18(6-12-21)13-23(27)26(4)16(2)19-7-9-20(24)10-8-19/h5-12,16H,13-14H2,1-4H3. The van der Waals surface area contributed by atoms with Crippen molar-refractivity contribution in [2.24, 2.45) is 0 Å². The van der Waals surface area contributed by atoms with Crippen molar-refractivity contribution in [3.63, 3.8) is 0 Å². The van der Waals surface area contributed by atoms with Gasteiger partial charge in [0.05, 0.1) is 23.7 Å². The van der Waals surface area contributed by atoms with E-state index in [1.807, 2.05) is 76.3 Å². The van der Waals surface area contributed by atoms with Crippen molar-refractivity contribution in [2.45, 2.75) is 39.8 Å². The molecule has 29 heavy (non-hydrogen) atoms. The van der Waals surface area contributed by atoms with Crippen LogP contribution in [0.25, 0.3) is 0 Å². The van der Waals surface area contributed by atoms with Gasteiger partial charge in [-0.25, -0.2) is 0 Å². The molecule has 0 aliphatic rings. The van der Waals surface area contributed by atoms with Crippen LogP contribution in [0.2, 0.25) is 5.02 Å². The molecule has 0 fully saturated rings. The fourth-order valence-electron chi connectivity index (χ4n) is 3.05. The quantitative estimate of drug-likeness (QED) is 0.529. The van der Waals surface area contributed by atoms with Gasteiger partial charge in [0.15, 0.2) is 0 Å². The van der Waals surface area contributed by atoms with Crippen LogP contribution >= 0.6 is 11.6 Å². The average molecular weight is 413 g/mol. The van der Waals surface area contributed by atoms with Crippen LogP contribution in [0, 0.1) is 13.8 Å². The highest BCUT2D eigenvalue weighted by Gasteiger charge is 2.18. The van der Waals surface area contributed by atoms with Gasteiger partial charge in [0.25, 0.3) is 0 Å². The normalized spacial score (nSPS) is 11.9. The van der Waals surface area contributed by atoms with Crippen molar-refractivity contribution in [3.8, 4) is 5.75 Å². The molecule has 0 saturated heterocycles. The molecular weight excluding hydrogens is 388 g/mol. The van der Waals surface area contributed by atoms with Gasteiger partial charge in [-0.3, -0.25) is 4.79 Å². The van der Waals surface area contributed by atoms with Crippen molar-refractivity contribution >= 4 is 17.5 Å². The molecule has 0 radical (unpaired) electrons. The minimum atomic E-state index is -0.0302. The Morgan fingerprint density at radius 2 is 1.79 bits per heavy atom. The van der Waals surface area contributed by atoms with E-state index in [1.54, 1.807) is 4.90 Å². The average Bonchev–Trinajstić information content (AvgIpc) is 3.04. The van der Waals surface area contributed by atoms with Crippen LogP contribution in [0.3, 0.4) is 0 Å². The largest absolute Gasteiger partial charge is 0.489 e. The first-order valence-electron chi connectivity index (χ1n) is 9.49. The van der Waals surface area contributed by atoms with E-state index in [4.69, 9.17) is 20.9 Å². The first-order chi connectivity index (χ1) is 13.8. The van der Waals surface area contributed by atoms with Crippen LogP contribution in [0.5, 0.6) is 5.75 Å². The Balaban J connectivity index is 1.57. The zero-order valence-electron chi connectivity index (χ0n) is 17.1. The number of amides is 1. The third kappa shape index (κ3) is 5.18. The van der Waals surface area contributed by atoms with Gasteiger partial charge in [-0.1, -0.05) is 41.0 Å². The molecule has 1 unspecified atom stereocenters. The first-order valence-corrected chi connectivity index (χ1v) is 9.87. The maximum absolute atomic E-state index is 12.7. The fourth-order valence-corrected chi connectivity index (χ4v) is 3.17. The molecule has 1 aromatic heterocycles. The minimum absolute atomic E-state index is 0.0302. The Morgan fingerprint density at radius 3 is 2.38 bits per heavy atom. The number of ether oxygens (including phenoxy) is 1. The second kappa shape index (κ2) is 9.14. The molecule has 152 valence electrons. The van der Waals surface area contributed by atoms with Crippen LogP contribution in [0.1, 0.15) is 41.1 Å². The number of carbonyl (C=O) groups is 1. The van der Waals surface area contributed by atoms with Crippen LogP contribution in [0.15, 0.2) is 53.1 Å². The summed E-state index contributed by atoms with van der Waals surface area (Å²) in [6, 6.07) is 15.1. The summed E-state index contributed by atoms with van der Waals surface area (Å²) in [5.74, 6) is 1.56. The number of hydrogen-bond acceptors (Lipinski definition) is 4. The number of likely N-dealkylation sites (N-methyl/N-ethyl adjacent to an activating group) is 1. The number of benzene rings is 2. The van der Waals surface area contributed by atoms with Crippen LogP contribution < -0.4 is 4.74 Å². The van der Waals surface area contributed by atoms with E-state index in [1.165, 1.54) is 0 Å². The predicted octanol–water partition coefficient (Wildman–Crippen LogP) is 5.29. The summed E-state index contributed by atoms with van der Waals surface area (Å²) in [5, 5.41) is 4.61. The lowest BCUT2D eigenvalue weighted by molar-refractivity contribution is -0.131. The number of hydrogen-bond donors (Lipinski definition) is 0. The molecule has 6 heteroatoms. The zero-order chi connectivity index (χ0) is 21.0. The summed E-state index contributed by atoms with van der Waals surface area (Å²) in [4.78, 5) is 14.4. The summed E-state index contributed by atoms with van der Waals surface area (Å²) in [6.07, 6.45) is 0.332. The lowest BCUT2D eigenvalue weighted by Gasteiger charge is -2.25. The zero-order valence-corrected chi connectivity index (χ0v) is 17.9. The van der Waals surface area contributed by atoms with Gasteiger partial charge in [-0.05, 0) is 56.2 Å². The molecule has 0 spiro atoms. The van der Waals surface area contributed by atoms with Gasteiger partial charge < -0.3 is 14.2 Å². The summed E-state index contributed by atoms with van der Waals surface area (Å²) < 4.78 is 11.0. The van der Waals surface area contributed by atoms with Crippen molar-refractivity contribution in [1.29, 1.82) is 0 Å². The molecule has 2 aromatic carbocycles. The van der Waals surface area contributed by atoms with Crippen molar-refractivity contribution in [3.05, 3.63) is 81.7 Å². The number of carbonyl (C=O) groups excluding carboxylic acids is 1. The SMILES string of the molecule is Cc1noc(C)c1COc1ccc(CC(=O)N(C)C(C)c2ccc(Cl)cc2)cc1. The highest BCUT2D eigenvalue weighted by molar-refractivity contribution is 6.30. The second-order valence-electron chi connectivity index (χ2n) is 7.14. The molecule has 1 atom stereocenters. The van der Waals surface area contributed by atoms with Crippen molar-refractivity contribution < 1.29 is 14.1 Å².